The molecule has 218 valence electrons. The van der Waals surface area contributed by atoms with Crippen molar-refractivity contribution in [2.24, 2.45) is 11.8 Å². The Hall–Kier alpha value is -2.10. The number of para-hydroxylation sites is 1. The number of hydrogen-bond donors (Lipinski definition) is 1. The first kappa shape index (κ1) is 30.8. The Balaban J connectivity index is 1.77. The molecule has 0 aliphatic carbocycles. The number of rotatable bonds is 14. The van der Waals surface area contributed by atoms with E-state index < -0.39 is 22.6 Å². The molecule has 1 spiro atoms. The van der Waals surface area contributed by atoms with Crippen LogP contribution in [-0.4, -0.2) is 85.8 Å². The summed E-state index contributed by atoms with van der Waals surface area (Å²) in [6.07, 6.45) is 7.04. The second-order valence-electron chi connectivity index (χ2n) is 11.1. The molecule has 7 nitrogen and oxygen atoms in total. The summed E-state index contributed by atoms with van der Waals surface area (Å²) >= 11 is 5.53. The minimum Gasteiger partial charge on any atom is -0.396 e. The van der Waals surface area contributed by atoms with Crippen molar-refractivity contribution in [1.29, 1.82) is 0 Å². The normalized spacial score (nSPS) is 29.2. The standard InChI is InChI=1S/C31H42BrN3O4S/c1-5-13-21(4)33(16-6-2)30(39)27-31-20-23(32)26(40-31)24(25(31)29(38)35(27)18-11-12-19-36)28(37)34(17-7-3)22-14-9-8-10-15-22/h6-10,14-15,21,23-27,36H,2-3,5,11-13,16-20H2,1,4H3/t21?,23?,24-,25+,26-,27?,31?/m1/s1. The smallest absolute Gasteiger partial charge is 0.247 e. The van der Waals surface area contributed by atoms with Gasteiger partial charge in [0.25, 0.3) is 0 Å². The maximum absolute atomic E-state index is 14.5. The monoisotopic (exact) mass is 631 g/mol. The van der Waals surface area contributed by atoms with Crippen molar-refractivity contribution in [3.63, 3.8) is 0 Å². The van der Waals surface area contributed by atoms with E-state index in [0.717, 1.165) is 18.5 Å². The van der Waals surface area contributed by atoms with Crippen LogP contribution >= 0.6 is 27.7 Å². The van der Waals surface area contributed by atoms with E-state index in [2.05, 4.69) is 42.9 Å². The fraction of sp³-hybridized carbons (Fsp3) is 0.581. The molecule has 3 heterocycles. The fourth-order valence-electron chi connectivity index (χ4n) is 6.92. The average Bonchev–Trinajstić information content (AvgIpc) is 3.53. The van der Waals surface area contributed by atoms with Crippen LogP contribution in [0.1, 0.15) is 46.0 Å². The highest BCUT2D eigenvalue weighted by Crippen LogP contribution is 2.68. The van der Waals surface area contributed by atoms with Gasteiger partial charge in [0.05, 0.1) is 16.6 Å². The molecule has 3 fully saturated rings. The number of fused-ring (bicyclic) bond motifs is 1. The lowest BCUT2D eigenvalue weighted by Crippen LogP contribution is -2.57. The van der Waals surface area contributed by atoms with E-state index in [-0.39, 0.29) is 40.4 Å². The molecule has 0 radical (unpaired) electrons. The van der Waals surface area contributed by atoms with Gasteiger partial charge in [-0.3, -0.25) is 14.4 Å². The zero-order valence-corrected chi connectivity index (χ0v) is 26.0. The molecule has 3 aliphatic heterocycles. The van der Waals surface area contributed by atoms with Crippen LogP contribution in [0.5, 0.6) is 0 Å². The summed E-state index contributed by atoms with van der Waals surface area (Å²) < 4.78 is -0.700. The molecular weight excluding hydrogens is 590 g/mol. The number of aliphatic hydroxyl groups is 1. The molecule has 40 heavy (non-hydrogen) atoms. The molecule has 4 unspecified atom stereocenters. The number of carbonyl (C=O) groups excluding carboxylic acids is 3. The number of nitrogens with zero attached hydrogens (tertiary/aromatic N) is 3. The summed E-state index contributed by atoms with van der Waals surface area (Å²) in [6.45, 7) is 13.1. The fourth-order valence-corrected chi connectivity index (χ4v) is 10.5. The Morgan fingerprint density at radius 2 is 1.90 bits per heavy atom. The Labute approximate surface area is 251 Å². The van der Waals surface area contributed by atoms with E-state index in [1.54, 1.807) is 33.7 Å². The Kier molecular flexibility index (Phi) is 10.2. The SMILES string of the molecule is C=CCN(C(=O)[C@H]1[C@@H]2SC3(CC2Br)C(C(=O)N(CC=C)C(C)CCC)N(CCCCO)C(=O)[C@H]13)c1ccccc1. The topological polar surface area (TPSA) is 81.2 Å². The first-order valence-corrected chi connectivity index (χ1v) is 16.2. The van der Waals surface area contributed by atoms with E-state index in [1.807, 2.05) is 35.2 Å². The van der Waals surface area contributed by atoms with E-state index in [9.17, 15) is 19.5 Å². The summed E-state index contributed by atoms with van der Waals surface area (Å²) in [6, 6.07) is 8.83. The molecule has 4 rings (SSSR count). The van der Waals surface area contributed by atoms with Gasteiger partial charge < -0.3 is 19.8 Å². The molecule has 9 heteroatoms. The molecule has 1 N–H and O–H groups in total. The van der Waals surface area contributed by atoms with Crippen molar-refractivity contribution in [2.45, 2.75) is 72.9 Å². The number of thioether (sulfide) groups is 1. The number of aliphatic hydroxyl groups excluding tert-OH is 1. The van der Waals surface area contributed by atoms with Crippen LogP contribution in [0.3, 0.4) is 0 Å². The van der Waals surface area contributed by atoms with Crippen molar-refractivity contribution in [3.05, 3.63) is 55.6 Å². The van der Waals surface area contributed by atoms with Gasteiger partial charge in [-0.15, -0.1) is 24.9 Å². The van der Waals surface area contributed by atoms with E-state index >= 15 is 0 Å². The van der Waals surface area contributed by atoms with Crippen LogP contribution in [-0.2, 0) is 14.4 Å². The first-order chi connectivity index (χ1) is 19.3. The zero-order valence-electron chi connectivity index (χ0n) is 23.6. The summed E-state index contributed by atoms with van der Waals surface area (Å²) in [5.41, 5.74) is 0.767. The molecule has 1 aromatic carbocycles. The number of alkyl halides is 1. The zero-order chi connectivity index (χ0) is 29.0. The van der Waals surface area contributed by atoms with Crippen LogP contribution in [0, 0.1) is 11.8 Å². The minimum absolute atomic E-state index is 0.00214. The van der Waals surface area contributed by atoms with Gasteiger partial charge in [-0.2, -0.15) is 0 Å². The van der Waals surface area contributed by atoms with Crippen LogP contribution in [0.15, 0.2) is 55.6 Å². The molecule has 3 saturated heterocycles. The maximum Gasteiger partial charge on any atom is 0.247 e. The Bertz CT molecular complexity index is 1100. The van der Waals surface area contributed by atoms with Gasteiger partial charge in [0.15, 0.2) is 0 Å². The lowest BCUT2D eigenvalue weighted by molar-refractivity contribution is -0.143. The van der Waals surface area contributed by atoms with Gasteiger partial charge in [0.2, 0.25) is 17.7 Å². The number of unbranched alkanes of at least 4 members (excludes halogenated alkanes) is 1. The summed E-state index contributed by atoms with van der Waals surface area (Å²) in [4.78, 5) is 48.5. The molecule has 3 aliphatic rings. The lowest BCUT2D eigenvalue weighted by Gasteiger charge is -2.40. The number of carbonyl (C=O) groups is 3. The summed E-state index contributed by atoms with van der Waals surface area (Å²) in [5, 5.41) is 9.33. The second kappa shape index (κ2) is 13.3. The lowest BCUT2D eigenvalue weighted by atomic mass is 9.70. The summed E-state index contributed by atoms with van der Waals surface area (Å²) in [7, 11) is 0. The third-order valence-corrected chi connectivity index (χ3v) is 11.8. The number of halogens is 1. The second-order valence-corrected chi connectivity index (χ2v) is 13.8. The largest absolute Gasteiger partial charge is 0.396 e. The molecule has 0 aromatic heterocycles. The van der Waals surface area contributed by atoms with Gasteiger partial charge >= 0.3 is 0 Å². The van der Waals surface area contributed by atoms with Gasteiger partial charge in [-0.25, -0.2) is 0 Å². The number of hydrogen-bond acceptors (Lipinski definition) is 5. The van der Waals surface area contributed by atoms with Gasteiger partial charge in [0, 0.05) is 48.0 Å². The third-order valence-electron chi connectivity index (χ3n) is 8.61. The molecule has 7 atom stereocenters. The quantitative estimate of drug-likeness (QED) is 0.184. The van der Waals surface area contributed by atoms with Crippen LogP contribution < -0.4 is 4.90 Å². The predicted molar refractivity (Wildman–Crippen MR) is 166 cm³/mol. The first-order valence-electron chi connectivity index (χ1n) is 14.4. The summed E-state index contributed by atoms with van der Waals surface area (Å²) in [5.74, 6) is -1.42. The van der Waals surface area contributed by atoms with Gasteiger partial charge in [-0.1, -0.05) is 59.6 Å². The molecule has 0 saturated carbocycles. The average molecular weight is 633 g/mol. The van der Waals surface area contributed by atoms with E-state index in [4.69, 9.17) is 0 Å². The third kappa shape index (κ3) is 5.41. The molecule has 1 aromatic rings. The van der Waals surface area contributed by atoms with Crippen molar-refractivity contribution in [2.75, 3.05) is 31.1 Å². The van der Waals surface area contributed by atoms with E-state index in [1.165, 1.54) is 0 Å². The van der Waals surface area contributed by atoms with Crippen molar-refractivity contribution >= 4 is 51.1 Å². The number of benzene rings is 1. The maximum atomic E-state index is 14.5. The van der Waals surface area contributed by atoms with Crippen LogP contribution in [0.4, 0.5) is 5.69 Å². The highest BCUT2D eigenvalue weighted by atomic mass is 79.9. The van der Waals surface area contributed by atoms with Crippen molar-refractivity contribution in [1.82, 2.24) is 9.80 Å². The molecular formula is C31H42BrN3O4S. The van der Waals surface area contributed by atoms with Crippen LogP contribution in [0.25, 0.3) is 0 Å². The van der Waals surface area contributed by atoms with Crippen molar-refractivity contribution < 1.29 is 19.5 Å². The van der Waals surface area contributed by atoms with E-state index in [0.29, 0.717) is 38.9 Å². The number of anilines is 1. The molecule has 2 bridgehead atoms. The highest BCUT2D eigenvalue weighted by molar-refractivity contribution is 9.09. The van der Waals surface area contributed by atoms with Gasteiger partial charge in [-0.05, 0) is 44.7 Å². The molecule has 3 amide bonds. The van der Waals surface area contributed by atoms with Crippen LogP contribution in [0.2, 0.25) is 0 Å². The number of likely N-dealkylation sites (tertiary alicyclic amines) is 1. The van der Waals surface area contributed by atoms with Crippen molar-refractivity contribution in [3.8, 4) is 0 Å². The Morgan fingerprint density at radius 1 is 1.20 bits per heavy atom. The predicted octanol–water partition coefficient (Wildman–Crippen LogP) is 4.65. The highest BCUT2D eigenvalue weighted by Gasteiger charge is 2.76. The Morgan fingerprint density at radius 3 is 2.52 bits per heavy atom. The minimum atomic E-state index is -0.700. The number of amides is 3. The van der Waals surface area contributed by atoms with Gasteiger partial charge in [0.1, 0.15) is 6.04 Å².